The van der Waals surface area contributed by atoms with Crippen molar-refractivity contribution in [3.63, 3.8) is 0 Å². The van der Waals surface area contributed by atoms with Crippen LogP contribution >= 0.6 is 7.81 Å². The molecule has 17 heteroatoms. The molecule has 1 unspecified atom stereocenters. The normalized spacial score (nSPS) is 18.9. The van der Waals surface area contributed by atoms with Crippen molar-refractivity contribution in [2.24, 2.45) is 0 Å². The van der Waals surface area contributed by atoms with Crippen LogP contribution in [0.25, 0.3) is 0 Å². The number of carbonyl (C=O) groups excluding carboxylic acids is 1. The summed E-state index contributed by atoms with van der Waals surface area (Å²) in [5.74, 6) is 0.422. The van der Waals surface area contributed by atoms with Crippen LogP contribution in [0.5, 0.6) is 5.75 Å². The summed E-state index contributed by atoms with van der Waals surface area (Å²) in [5.41, 5.74) is 1.16. The summed E-state index contributed by atoms with van der Waals surface area (Å²) in [4.78, 5) is 33.2. The third-order valence-corrected chi connectivity index (χ3v) is 6.17. The summed E-state index contributed by atoms with van der Waals surface area (Å²) in [6.45, 7) is 2.80. The fraction of sp³-hybridized carbons (Fsp3) is 0.435. The van der Waals surface area contributed by atoms with Gasteiger partial charge in [-0.25, -0.2) is 19.4 Å². The first kappa shape index (κ1) is 30.9. The van der Waals surface area contributed by atoms with E-state index in [-0.39, 0.29) is 18.7 Å². The van der Waals surface area contributed by atoms with Crippen LogP contribution in [0, 0.1) is 6.92 Å². The average Bonchev–Trinajstić information content (AvgIpc) is 3.57. The van der Waals surface area contributed by atoms with E-state index in [4.69, 9.17) is 4.74 Å². The SMILES string of the molecule is COc1ccccc1Cn1cc(CC2(C(=O)O)CCCN2C(=O)CCc2[nH]c(C)c[nH+]2)nn1.F[P-](F)(F)(F)(F)F. The third-order valence-electron chi connectivity index (χ3n) is 6.17. The Hall–Kier alpha value is -3.68. The van der Waals surface area contributed by atoms with Crippen molar-refractivity contribution in [3.8, 4) is 5.75 Å². The fourth-order valence-corrected chi connectivity index (χ4v) is 4.54. The molecule has 0 bridgehead atoms. The third kappa shape index (κ3) is 9.21. The molecule has 0 spiro atoms. The number of carboxylic acid groups (broad SMARTS) is 1. The molecule has 3 aromatic rings. The zero-order valence-corrected chi connectivity index (χ0v) is 22.5. The predicted octanol–water partition coefficient (Wildman–Crippen LogP) is 4.79. The van der Waals surface area contributed by atoms with E-state index in [1.807, 2.05) is 37.4 Å². The number of para-hydroxylation sites is 1. The number of ether oxygens (including phenoxy) is 1. The molecule has 40 heavy (non-hydrogen) atoms. The van der Waals surface area contributed by atoms with Crippen molar-refractivity contribution >= 4 is 19.7 Å². The molecular formula is C23H29F6N6O4P. The summed E-state index contributed by atoms with van der Waals surface area (Å²) in [6, 6.07) is 7.64. The van der Waals surface area contributed by atoms with Crippen molar-refractivity contribution in [2.45, 2.75) is 51.1 Å². The van der Waals surface area contributed by atoms with Crippen LogP contribution in [0.4, 0.5) is 25.2 Å². The summed E-state index contributed by atoms with van der Waals surface area (Å²) in [6.07, 6.45) is 5.45. The van der Waals surface area contributed by atoms with Gasteiger partial charge in [-0.2, -0.15) is 0 Å². The van der Waals surface area contributed by atoms with Crippen LogP contribution in [0.2, 0.25) is 0 Å². The minimum atomic E-state index is -10.7. The molecule has 2 aromatic heterocycles. The van der Waals surface area contributed by atoms with E-state index < -0.39 is 19.3 Å². The molecule has 3 heterocycles. The molecule has 1 fully saturated rings. The molecule has 1 aliphatic rings. The summed E-state index contributed by atoms with van der Waals surface area (Å²) in [5, 5.41) is 18.5. The Balaban J connectivity index is 0.000000559. The molecule has 1 aromatic carbocycles. The van der Waals surface area contributed by atoms with Crippen LogP contribution in [-0.2, 0) is 29.0 Å². The van der Waals surface area contributed by atoms with Gasteiger partial charge in [-0.15, -0.1) is 5.10 Å². The molecule has 4 rings (SSSR count). The van der Waals surface area contributed by atoms with Crippen LogP contribution in [0.3, 0.4) is 0 Å². The van der Waals surface area contributed by atoms with Gasteiger partial charge in [0.1, 0.15) is 23.2 Å². The molecule has 0 saturated carbocycles. The molecular weight excluding hydrogens is 569 g/mol. The maximum absolute atomic E-state index is 13.0. The van der Waals surface area contributed by atoms with E-state index in [1.165, 1.54) is 4.90 Å². The number of nitrogens with zero attached hydrogens (tertiary/aromatic N) is 4. The number of aryl methyl sites for hydroxylation is 2. The number of H-pyrrole nitrogens is 2. The topological polar surface area (TPSA) is 127 Å². The number of nitrogens with one attached hydrogen (secondary N) is 2. The number of halogens is 6. The van der Waals surface area contributed by atoms with Crippen LogP contribution in [-0.4, -0.2) is 61.1 Å². The molecule has 0 radical (unpaired) electrons. The molecule has 3 N–H and O–H groups in total. The zero-order chi connectivity index (χ0) is 29.8. The molecule has 1 aliphatic heterocycles. The van der Waals surface area contributed by atoms with Gasteiger partial charge in [0, 0.05) is 38.1 Å². The predicted molar refractivity (Wildman–Crippen MR) is 131 cm³/mol. The minimum absolute atomic E-state index is 0.119. The second-order valence-electron chi connectivity index (χ2n) is 9.42. The van der Waals surface area contributed by atoms with Gasteiger partial charge in [-0.3, -0.25) is 4.79 Å². The number of carboxylic acids is 1. The van der Waals surface area contributed by atoms with E-state index in [0.717, 1.165) is 22.8 Å². The van der Waals surface area contributed by atoms with Gasteiger partial charge in [0.2, 0.25) is 5.91 Å². The number of amides is 1. The molecule has 1 saturated heterocycles. The summed E-state index contributed by atoms with van der Waals surface area (Å²) in [7, 11) is -9.04. The average molecular weight is 598 g/mol. The van der Waals surface area contributed by atoms with Gasteiger partial charge in [-0.1, -0.05) is 23.4 Å². The quantitative estimate of drug-likeness (QED) is 0.270. The fourth-order valence-electron chi connectivity index (χ4n) is 4.54. The van der Waals surface area contributed by atoms with E-state index in [2.05, 4.69) is 20.3 Å². The number of imidazole rings is 1. The van der Waals surface area contributed by atoms with Gasteiger partial charge < -0.3 is 14.7 Å². The number of carbonyl (C=O) groups is 2. The first-order valence-corrected chi connectivity index (χ1v) is 14.1. The number of methoxy groups -OCH3 is 1. The molecule has 10 nitrogen and oxygen atoms in total. The number of aromatic nitrogens is 5. The number of benzene rings is 1. The van der Waals surface area contributed by atoms with Crippen LogP contribution < -0.4 is 9.72 Å². The van der Waals surface area contributed by atoms with Crippen molar-refractivity contribution < 1.29 is 49.6 Å². The van der Waals surface area contributed by atoms with E-state index in [0.29, 0.717) is 38.0 Å². The monoisotopic (exact) mass is 598 g/mol. The van der Waals surface area contributed by atoms with Crippen LogP contribution in [0.15, 0.2) is 36.7 Å². The van der Waals surface area contributed by atoms with E-state index in [9.17, 15) is 39.9 Å². The Labute approximate surface area is 224 Å². The second kappa shape index (κ2) is 10.7. The van der Waals surface area contributed by atoms with Gasteiger partial charge in [0.05, 0.1) is 25.8 Å². The standard InChI is InChI=1S/C23H28N6O4.F6P/c1-16-13-24-20(25-16)8-9-21(30)29-11-5-10-23(29,22(31)32)12-18-15-28(27-26-18)14-17-6-3-4-7-19(17)33-2;1-7(2,3,4,5)6/h3-4,6-7,13,15H,5,8-12,14H2,1-2H3,(H,24,25)(H,31,32);/q;-1/p+1. The Kier molecular flexibility index (Phi) is 8.26. The van der Waals surface area contributed by atoms with Gasteiger partial charge in [-0.05, 0) is 18.9 Å². The van der Waals surface area contributed by atoms with Gasteiger partial charge in [0.25, 0.3) is 5.82 Å². The maximum atomic E-state index is 13.0. The number of likely N-dealkylation sites (tertiary alicyclic amines) is 1. The Bertz CT molecular complexity index is 1350. The number of rotatable bonds is 9. The van der Waals surface area contributed by atoms with Gasteiger partial charge in [0.15, 0.2) is 0 Å². The Morgan fingerprint density at radius 1 is 1.20 bits per heavy atom. The molecule has 1 atom stereocenters. The van der Waals surface area contributed by atoms with Crippen LogP contribution in [0.1, 0.15) is 42.0 Å². The van der Waals surface area contributed by atoms with Crippen molar-refractivity contribution in [2.75, 3.05) is 13.7 Å². The number of aromatic amines is 2. The van der Waals surface area contributed by atoms with E-state index >= 15 is 0 Å². The first-order chi connectivity index (χ1) is 18.4. The second-order valence-corrected chi connectivity index (χ2v) is 11.3. The van der Waals surface area contributed by atoms with Crippen molar-refractivity contribution in [1.29, 1.82) is 0 Å². The first-order valence-electron chi connectivity index (χ1n) is 12.0. The summed E-state index contributed by atoms with van der Waals surface area (Å²) < 4.78 is 66.2. The number of hydrogen-bond donors (Lipinski definition) is 2. The van der Waals surface area contributed by atoms with Crippen molar-refractivity contribution in [3.05, 3.63) is 59.4 Å². The Morgan fingerprint density at radius 3 is 2.48 bits per heavy atom. The van der Waals surface area contributed by atoms with Gasteiger partial charge >= 0.3 is 39.0 Å². The number of aliphatic carboxylic acids is 1. The van der Waals surface area contributed by atoms with E-state index in [1.54, 1.807) is 18.0 Å². The molecule has 222 valence electrons. The summed E-state index contributed by atoms with van der Waals surface area (Å²) >= 11 is 0. The molecule has 0 aliphatic carbocycles. The zero-order valence-electron chi connectivity index (χ0n) is 21.6. The van der Waals surface area contributed by atoms with Crippen molar-refractivity contribution in [1.82, 2.24) is 24.9 Å². The Morgan fingerprint density at radius 2 is 1.88 bits per heavy atom. The molecule has 1 amide bonds. The number of hydrogen-bond acceptors (Lipinski definition) is 5.